The molecule has 7 heteroatoms. The Balaban J connectivity index is 1.48. The van der Waals surface area contributed by atoms with Crippen LogP contribution in [-0.2, 0) is 0 Å². The number of thioether (sulfide) groups is 1. The molecule has 2 aliphatic rings. The molecule has 2 atom stereocenters. The molecule has 1 N–H and O–H groups in total. The number of amides is 1. The van der Waals surface area contributed by atoms with E-state index in [1.165, 1.54) is 0 Å². The van der Waals surface area contributed by atoms with E-state index in [0.717, 1.165) is 50.5 Å². The van der Waals surface area contributed by atoms with E-state index in [-0.39, 0.29) is 12.0 Å². The third-order valence-electron chi connectivity index (χ3n) is 4.97. The number of nitrogens with zero attached hydrogens (tertiary/aromatic N) is 3. The van der Waals surface area contributed by atoms with Gasteiger partial charge in [-0.2, -0.15) is 11.8 Å². The molecule has 2 unspecified atom stereocenters. The summed E-state index contributed by atoms with van der Waals surface area (Å²) >= 11 is 1.89. The Hall–Kier alpha value is -1.31. The predicted octanol–water partition coefficient (Wildman–Crippen LogP) is 1.58. The normalized spacial score (nSPS) is 23.5. The van der Waals surface area contributed by atoms with Crippen LogP contribution in [0.3, 0.4) is 0 Å². The molecule has 0 radical (unpaired) electrons. The van der Waals surface area contributed by atoms with Crippen LogP contribution in [-0.4, -0.2) is 85.1 Å². The summed E-state index contributed by atoms with van der Waals surface area (Å²) < 4.78 is 5.97. The van der Waals surface area contributed by atoms with E-state index in [9.17, 15) is 4.79 Å². The van der Waals surface area contributed by atoms with Crippen LogP contribution in [0.15, 0.2) is 18.3 Å². The fourth-order valence-electron chi connectivity index (χ4n) is 3.38. The van der Waals surface area contributed by atoms with Gasteiger partial charge in [-0.05, 0) is 57.3 Å². The smallest absolute Gasteiger partial charge is 0.256 e. The van der Waals surface area contributed by atoms with Gasteiger partial charge in [-0.25, -0.2) is 4.98 Å². The van der Waals surface area contributed by atoms with E-state index in [4.69, 9.17) is 4.74 Å². The first kappa shape index (κ1) is 19.5. The van der Waals surface area contributed by atoms with Crippen molar-refractivity contribution < 1.29 is 9.53 Å². The first-order valence-electron chi connectivity index (χ1n) is 9.46. The highest BCUT2D eigenvalue weighted by Gasteiger charge is 2.24. The summed E-state index contributed by atoms with van der Waals surface area (Å²) in [5.74, 6) is 3.00. The third-order valence-corrected chi connectivity index (χ3v) is 6.10. The van der Waals surface area contributed by atoms with Gasteiger partial charge in [0.25, 0.3) is 5.91 Å². The number of aromatic nitrogens is 1. The highest BCUT2D eigenvalue weighted by molar-refractivity contribution is 7.99. The van der Waals surface area contributed by atoms with Crippen molar-refractivity contribution in [2.24, 2.45) is 5.92 Å². The average Bonchev–Trinajstić information content (AvgIpc) is 3.30. The maximum absolute atomic E-state index is 12.6. The van der Waals surface area contributed by atoms with Gasteiger partial charge in [-0.1, -0.05) is 0 Å². The van der Waals surface area contributed by atoms with Crippen molar-refractivity contribution in [3.63, 3.8) is 0 Å². The molecule has 2 aliphatic heterocycles. The zero-order valence-corrected chi connectivity index (χ0v) is 16.6. The molecule has 2 saturated heterocycles. The van der Waals surface area contributed by atoms with E-state index >= 15 is 0 Å². The summed E-state index contributed by atoms with van der Waals surface area (Å²) in [6.45, 7) is 5.07. The molecule has 1 aromatic rings. The lowest BCUT2D eigenvalue weighted by atomic mass is 10.1. The van der Waals surface area contributed by atoms with E-state index < -0.39 is 0 Å². The summed E-state index contributed by atoms with van der Waals surface area (Å²) in [7, 11) is 4.21. The highest BCUT2D eigenvalue weighted by Crippen LogP contribution is 2.24. The lowest BCUT2D eigenvalue weighted by Crippen LogP contribution is -2.33. The molecule has 0 aromatic carbocycles. The van der Waals surface area contributed by atoms with Crippen LogP contribution in [0.1, 0.15) is 23.2 Å². The van der Waals surface area contributed by atoms with Gasteiger partial charge in [0.05, 0.1) is 0 Å². The second kappa shape index (κ2) is 9.58. The fraction of sp³-hybridized carbons (Fsp3) is 0.684. The number of carbonyl (C=O) groups excluding carboxylic acids is 1. The van der Waals surface area contributed by atoms with Gasteiger partial charge >= 0.3 is 0 Å². The first-order chi connectivity index (χ1) is 12.6. The molecule has 0 spiro atoms. The SMILES string of the molecule is CN(C)CCN1CCC(CNC(=O)c2cccnc2OC2CCSC2)C1. The number of likely N-dealkylation sites (tertiary alicyclic amines) is 1. The third kappa shape index (κ3) is 5.59. The van der Waals surface area contributed by atoms with Gasteiger partial charge in [0.15, 0.2) is 0 Å². The van der Waals surface area contributed by atoms with Gasteiger partial charge in [-0.15, -0.1) is 0 Å². The van der Waals surface area contributed by atoms with Crippen molar-refractivity contribution in [1.82, 2.24) is 20.1 Å². The summed E-state index contributed by atoms with van der Waals surface area (Å²) in [5.41, 5.74) is 0.548. The van der Waals surface area contributed by atoms with Crippen molar-refractivity contribution in [2.75, 3.05) is 58.3 Å². The minimum atomic E-state index is -0.0782. The largest absolute Gasteiger partial charge is 0.473 e. The molecule has 26 heavy (non-hydrogen) atoms. The van der Waals surface area contributed by atoms with Crippen molar-refractivity contribution in [1.29, 1.82) is 0 Å². The minimum absolute atomic E-state index is 0.0782. The molecule has 144 valence electrons. The number of carbonyl (C=O) groups is 1. The Kier molecular flexibility index (Phi) is 7.16. The minimum Gasteiger partial charge on any atom is -0.473 e. The van der Waals surface area contributed by atoms with Crippen molar-refractivity contribution in [2.45, 2.75) is 18.9 Å². The number of rotatable bonds is 8. The zero-order valence-electron chi connectivity index (χ0n) is 15.8. The molecule has 2 fully saturated rings. The number of hydrogen-bond donors (Lipinski definition) is 1. The molecule has 1 aromatic heterocycles. The van der Waals surface area contributed by atoms with Crippen molar-refractivity contribution >= 4 is 17.7 Å². The number of pyridine rings is 1. The Morgan fingerprint density at radius 3 is 3.12 bits per heavy atom. The monoisotopic (exact) mass is 378 g/mol. The summed E-state index contributed by atoms with van der Waals surface area (Å²) in [4.78, 5) is 21.6. The summed E-state index contributed by atoms with van der Waals surface area (Å²) in [6, 6.07) is 3.60. The second-order valence-electron chi connectivity index (χ2n) is 7.43. The average molecular weight is 379 g/mol. The molecular weight excluding hydrogens is 348 g/mol. The van der Waals surface area contributed by atoms with E-state index in [1.807, 2.05) is 11.8 Å². The molecule has 3 heterocycles. The van der Waals surface area contributed by atoms with Crippen LogP contribution in [0.25, 0.3) is 0 Å². The van der Waals surface area contributed by atoms with Crippen LogP contribution in [0.2, 0.25) is 0 Å². The molecule has 6 nitrogen and oxygen atoms in total. The standard InChI is InChI=1S/C19H30N4O2S/c1-22(2)9-10-23-8-5-15(13-23)12-21-18(24)17-4-3-7-20-19(17)25-16-6-11-26-14-16/h3-4,7,15-16H,5-6,8-14H2,1-2H3,(H,21,24). The first-order valence-corrected chi connectivity index (χ1v) is 10.6. The number of likely N-dealkylation sites (N-methyl/N-ethyl adjacent to an activating group) is 1. The molecule has 3 rings (SSSR count). The summed E-state index contributed by atoms with van der Waals surface area (Å²) in [5, 5.41) is 3.09. The Labute approximate surface area is 160 Å². The van der Waals surface area contributed by atoms with Gasteiger partial charge in [-0.3, -0.25) is 4.79 Å². The fourth-order valence-corrected chi connectivity index (χ4v) is 4.47. The maximum Gasteiger partial charge on any atom is 0.256 e. The van der Waals surface area contributed by atoms with Crippen LogP contribution in [0.4, 0.5) is 0 Å². The van der Waals surface area contributed by atoms with Crippen LogP contribution >= 0.6 is 11.8 Å². The Morgan fingerprint density at radius 1 is 1.46 bits per heavy atom. The lowest BCUT2D eigenvalue weighted by molar-refractivity contribution is 0.0939. The van der Waals surface area contributed by atoms with Crippen LogP contribution in [0, 0.1) is 5.92 Å². The van der Waals surface area contributed by atoms with E-state index in [1.54, 1.807) is 18.3 Å². The zero-order chi connectivity index (χ0) is 18.4. The molecule has 1 amide bonds. The highest BCUT2D eigenvalue weighted by atomic mass is 32.2. The van der Waals surface area contributed by atoms with Crippen molar-refractivity contribution in [3.05, 3.63) is 23.9 Å². The number of hydrogen-bond acceptors (Lipinski definition) is 6. The van der Waals surface area contributed by atoms with Gasteiger partial charge in [0, 0.05) is 38.1 Å². The number of ether oxygens (including phenoxy) is 1. The van der Waals surface area contributed by atoms with Crippen molar-refractivity contribution in [3.8, 4) is 5.88 Å². The number of nitrogens with one attached hydrogen (secondary N) is 1. The van der Waals surface area contributed by atoms with Gasteiger partial charge < -0.3 is 19.9 Å². The van der Waals surface area contributed by atoms with Crippen LogP contribution < -0.4 is 10.1 Å². The molecule has 0 saturated carbocycles. The summed E-state index contributed by atoms with van der Waals surface area (Å²) in [6.07, 6.45) is 4.02. The van der Waals surface area contributed by atoms with E-state index in [0.29, 0.717) is 23.9 Å². The van der Waals surface area contributed by atoms with Gasteiger partial charge in [0.2, 0.25) is 5.88 Å². The van der Waals surface area contributed by atoms with Gasteiger partial charge in [0.1, 0.15) is 11.7 Å². The Bertz CT molecular complexity index is 593. The molecular formula is C19H30N4O2S. The Morgan fingerprint density at radius 2 is 2.35 bits per heavy atom. The lowest BCUT2D eigenvalue weighted by Gasteiger charge is -2.19. The molecule has 0 aliphatic carbocycles. The maximum atomic E-state index is 12.6. The van der Waals surface area contributed by atoms with Crippen LogP contribution in [0.5, 0.6) is 5.88 Å². The topological polar surface area (TPSA) is 57.7 Å². The molecule has 0 bridgehead atoms. The van der Waals surface area contributed by atoms with E-state index in [2.05, 4.69) is 34.2 Å². The quantitative estimate of drug-likeness (QED) is 0.741. The predicted molar refractivity (Wildman–Crippen MR) is 106 cm³/mol. The second-order valence-corrected chi connectivity index (χ2v) is 8.58.